The van der Waals surface area contributed by atoms with Crippen LogP contribution < -0.4 is 10.1 Å². The van der Waals surface area contributed by atoms with Crippen LogP contribution in [0.25, 0.3) is 10.2 Å². The highest BCUT2D eigenvalue weighted by atomic mass is 32.1. The topological polar surface area (TPSA) is 94.8 Å². The van der Waals surface area contributed by atoms with Crippen LogP contribution in [-0.2, 0) is 11.3 Å². The van der Waals surface area contributed by atoms with Crippen LogP contribution in [0, 0.1) is 0 Å². The predicted molar refractivity (Wildman–Crippen MR) is 72.6 cm³/mol. The largest absolute Gasteiger partial charge is 0.494 e. The van der Waals surface area contributed by atoms with E-state index in [4.69, 9.17) is 4.74 Å². The molecule has 3 rings (SSSR count). The number of methoxy groups -OCH3 is 1. The Kier molecular flexibility index (Phi) is 3.25. The van der Waals surface area contributed by atoms with Gasteiger partial charge in [0.05, 0.1) is 11.8 Å². The summed E-state index contributed by atoms with van der Waals surface area (Å²) >= 11 is 1.38. The number of aromatic nitrogens is 5. The Labute approximate surface area is 117 Å². The van der Waals surface area contributed by atoms with Gasteiger partial charge in [-0.2, -0.15) is 0 Å². The summed E-state index contributed by atoms with van der Waals surface area (Å²) < 4.78 is 7.51. The van der Waals surface area contributed by atoms with Gasteiger partial charge in [0.2, 0.25) is 5.91 Å². The van der Waals surface area contributed by atoms with Crippen molar-refractivity contribution in [2.24, 2.45) is 0 Å². The first-order valence-corrected chi connectivity index (χ1v) is 6.52. The van der Waals surface area contributed by atoms with Crippen molar-refractivity contribution >= 4 is 32.6 Å². The third kappa shape index (κ3) is 2.43. The molecule has 2 heterocycles. The lowest BCUT2D eigenvalue weighted by molar-refractivity contribution is -0.116. The maximum atomic E-state index is 11.8. The zero-order valence-corrected chi connectivity index (χ0v) is 11.3. The van der Waals surface area contributed by atoms with E-state index < -0.39 is 0 Å². The van der Waals surface area contributed by atoms with E-state index in [0.29, 0.717) is 10.9 Å². The molecule has 0 saturated heterocycles. The van der Waals surface area contributed by atoms with E-state index >= 15 is 0 Å². The number of fused-ring (bicyclic) bond motifs is 1. The second-order valence-electron chi connectivity index (χ2n) is 3.88. The van der Waals surface area contributed by atoms with E-state index in [-0.39, 0.29) is 12.5 Å². The van der Waals surface area contributed by atoms with Gasteiger partial charge in [0, 0.05) is 0 Å². The molecule has 0 fully saturated rings. The molecule has 0 bridgehead atoms. The molecule has 0 aliphatic carbocycles. The van der Waals surface area contributed by atoms with Gasteiger partial charge >= 0.3 is 0 Å². The van der Waals surface area contributed by atoms with Crippen molar-refractivity contribution in [1.82, 2.24) is 25.2 Å². The minimum absolute atomic E-state index is 0.0417. The lowest BCUT2D eigenvalue weighted by atomic mass is 10.3. The Bertz CT molecular complexity index is 739. The first kappa shape index (κ1) is 12.5. The van der Waals surface area contributed by atoms with Gasteiger partial charge in [0.1, 0.15) is 24.1 Å². The molecule has 102 valence electrons. The van der Waals surface area contributed by atoms with Crippen LogP contribution in [0.1, 0.15) is 0 Å². The Morgan fingerprint density at radius 2 is 2.40 bits per heavy atom. The van der Waals surface area contributed by atoms with E-state index in [0.717, 1.165) is 10.2 Å². The first-order chi connectivity index (χ1) is 9.76. The Hall–Kier alpha value is -2.55. The van der Waals surface area contributed by atoms with Crippen LogP contribution in [0.4, 0.5) is 5.13 Å². The Balaban J connectivity index is 1.79. The first-order valence-electron chi connectivity index (χ1n) is 5.70. The standard InChI is InChI=1S/C11H10N6O2S/c1-19-7-3-2-4-8-10(7)14-11(20-8)13-9(18)5-17-6-12-15-16-17/h2-4,6H,5H2,1H3,(H,13,14,18). The normalized spacial score (nSPS) is 10.7. The van der Waals surface area contributed by atoms with Crippen LogP contribution in [0.3, 0.4) is 0 Å². The third-order valence-electron chi connectivity index (χ3n) is 2.55. The van der Waals surface area contributed by atoms with E-state index in [9.17, 15) is 4.79 Å². The summed E-state index contributed by atoms with van der Waals surface area (Å²) in [4.78, 5) is 16.2. The molecule has 0 unspecified atom stereocenters. The number of hydrogen-bond acceptors (Lipinski definition) is 7. The summed E-state index contributed by atoms with van der Waals surface area (Å²) in [6.45, 7) is 0.0417. The van der Waals surface area contributed by atoms with Gasteiger partial charge in [-0.25, -0.2) is 9.67 Å². The second-order valence-corrected chi connectivity index (χ2v) is 4.91. The lowest BCUT2D eigenvalue weighted by Crippen LogP contribution is -2.19. The second kappa shape index (κ2) is 5.21. The van der Waals surface area contributed by atoms with Gasteiger partial charge in [0.25, 0.3) is 0 Å². The number of benzene rings is 1. The minimum Gasteiger partial charge on any atom is -0.494 e. The zero-order valence-electron chi connectivity index (χ0n) is 10.5. The number of rotatable bonds is 4. The molecular weight excluding hydrogens is 280 g/mol. The predicted octanol–water partition coefficient (Wildman–Crippen LogP) is 0.930. The molecule has 0 radical (unpaired) electrons. The molecule has 1 N–H and O–H groups in total. The SMILES string of the molecule is COc1cccc2sc(NC(=O)Cn3cnnn3)nc12. The molecule has 0 aliphatic rings. The monoisotopic (exact) mass is 290 g/mol. The molecule has 1 aromatic carbocycles. The number of ether oxygens (including phenoxy) is 1. The fraction of sp³-hybridized carbons (Fsp3) is 0.182. The van der Waals surface area contributed by atoms with Crippen molar-refractivity contribution in [3.8, 4) is 5.75 Å². The number of nitrogens with zero attached hydrogens (tertiary/aromatic N) is 5. The molecule has 0 saturated carbocycles. The number of carbonyl (C=O) groups is 1. The highest BCUT2D eigenvalue weighted by molar-refractivity contribution is 7.22. The fourth-order valence-corrected chi connectivity index (χ4v) is 2.60. The number of anilines is 1. The van der Waals surface area contributed by atoms with Crippen LogP contribution in [-0.4, -0.2) is 38.2 Å². The maximum absolute atomic E-state index is 11.8. The van der Waals surface area contributed by atoms with E-state index in [1.165, 1.54) is 22.3 Å². The number of nitrogens with one attached hydrogen (secondary N) is 1. The third-order valence-corrected chi connectivity index (χ3v) is 3.48. The number of carbonyl (C=O) groups excluding carboxylic acids is 1. The van der Waals surface area contributed by atoms with Crippen LogP contribution in [0.2, 0.25) is 0 Å². The molecule has 3 aromatic rings. The summed E-state index contributed by atoms with van der Waals surface area (Å²) in [6.07, 6.45) is 1.38. The van der Waals surface area contributed by atoms with Crippen LogP contribution in [0.15, 0.2) is 24.5 Å². The van der Waals surface area contributed by atoms with Crippen molar-refractivity contribution in [2.45, 2.75) is 6.54 Å². The number of para-hydroxylation sites is 1. The quantitative estimate of drug-likeness (QED) is 0.768. The average molecular weight is 290 g/mol. The van der Waals surface area contributed by atoms with Gasteiger partial charge in [-0.05, 0) is 22.6 Å². The zero-order chi connectivity index (χ0) is 13.9. The smallest absolute Gasteiger partial charge is 0.248 e. The lowest BCUT2D eigenvalue weighted by Gasteiger charge is -2.00. The van der Waals surface area contributed by atoms with Crippen LogP contribution in [0.5, 0.6) is 5.75 Å². The highest BCUT2D eigenvalue weighted by Gasteiger charge is 2.11. The molecule has 0 atom stereocenters. The molecule has 0 aliphatic heterocycles. The summed E-state index contributed by atoms with van der Waals surface area (Å²) in [5, 5.41) is 13.8. The van der Waals surface area contributed by atoms with Gasteiger partial charge < -0.3 is 10.1 Å². The van der Waals surface area contributed by atoms with Crippen LogP contribution >= 0.6 is 11.3 Å². The summed E-state index contributed by atoms with van der Waals surface area (Å²) in [6, 6.07) is 5.63. The average Bonchev–Trinajstić information content (AvgIpc) is 3.06. The molecule has 9 heteroatoms. The van der Waals surface area contributed by atoms with Crippen molar-refractivity contribution in [3.63, 3.8) is 0 Å². The molecule has 1 amide bonds. The van der Waals surface area contributed by atoms with E-state index in [1.54, 1.807) is 7.11 Å². The minimum atomic E-state index is -0.240. The molecule has 8 nitrogen and oxygen atoms in total. The van der Waals surface area contributed by atoms with Gasteiger partial charge in [-0.1, -0.05) is 17.4 Å². The number of thiazole rings is 1. The highest BCUT2D eigenvalue weighted by Crippen LogP contribution is 2.31. The van der Waals surface area contributed by atoms with Gasteiger partial charge in [0.15, 0.2) is 5.13 Å². The van der Waals surface area contributed by atoms with Crippen molar-refractivity contribution in [3.05, 3.63) is 24.5 Å². The van der Waals surface area contributed by atoms with Crippen molar-refractivity contribution < 1.29 is 9.53 Å². The molecular formula is C11H10N6O2S. The molecule has 20 heavy (non-hydrogen) atoms. The van der Waals surface area contributed by atoms with Gasteiger partial charge in [-0.15, -0.1) is 5.10 Å². The summed E-state index contributed by atoms with van der Waals surface area (Å²) in [7, 11) is 1.59. The molecule has 0 spiro atoms. The van der Waals surface area contributed by atoms with Crippen molar-refractivity contribution in [1.29, 1.82) is 0 Å². The molecule has 2 aromatic heterocycles. The number of tetrazole rings is 1. The van der Waals surface area contributed by atoms with E-state index in [1.807, 2.05) is 18.2 Å². The number of amides is 1. The number of hydrogen-bond donors (Lipinski definition) is 1. The summed E-state index contributed by atoms with van der Waals surface area (Å²) in [5.74, 6) is 0.440. The van der Waals surface area contributed by atoms with Gasteiger partial charge in [-0.3, -0.25) is 4.79 Å². The van der Waals surface area contributed by atoms with Crippen molar-refractivity contribution in [2.75, 3.05) is 12.4 Å². The Morgan fingerprint density at radius 1 is 1.50 bits per heavy atom. The fourth-order valence-electron chi connectivity index (χ4n) is 1.70. The maximum Gasteiger partial charge on any atom is 0.248 e. The van der Waals surface area contributed by atoms with E-state index in [2.05, 4.69) is 25.8 Å². The summed E-state index contributed by atoms with van der Waals surface area (Å²) in [5.41, 5.74) is 0.734. The Morgan fingerprint density at radius 3 is 3.15 bits per heavy atom.